The van der Waals surface area contributed by atoms with Gasteiger partial charge >= 0.3 is 0 Å². The van der Waals surface area contributed by atoms with Crippen LogP contribution in [0.25, 0.3) is 4.96 Å². The van der Waals surface area contributed by atoms with Crippen LogP contribution in [0.15, 0.2) is 48.5 Å². The largest absolute Gasteiger partial charge is 0.486 e. The molecular weight excluding hydrogens is 356 g/mol. The molecule has 0 unspecified atom stereocenters. The van der Waals surface area contributed by atoms with E-state index in [-0.39, 0.29) is 0 Å². The van der Waals surface area contributed by atoms with Crippen LogP contribution < -0.4 is 4.74 Å². The Morgan fingerprint density at radius 1 is 1.08 bits per heavy atom. The summed E-state index contributed by atoms with van der Waals surface area (Å²) in [5.74, 6) is 1.59. The fourth-order valence-corrected chi connectivity index (χ4v) is 3.41. The highest BCUT2D eigenvalue weighted by atomic mass is 35.5. The quantitative estimate of drug-likeness (QED) is 0.525. The molecule has 0 bridgehead atoms. The Morgan fingerprint density at radius 2 is 1.88 bits per heavy atom. The van der Waals surface area contributed by atoms with Gasteiger partial charge in [-0.1, -0.05) is 47.2 Å². The van der Waals surface area contributed by atoms with E-state index in [1.165, 1.54) is 22.5 Å². The minimum absolute atomic E-state index is 0.388. The predicted molar refractivity (Wildman–Crippen MR) is 98.4 cm³/mol. The summed E-state index contributed by atoms with van der Waals surface area (Å²) in [6.45, 7) is 2.49. The van der Waals surface area contributed by atoms with Crippen LogP contribution in [-0.2, 0) is 13.0 Å². The number of aromatic nitrogens is 4. The van der Waals surface area contributed by atoms with Gasteiger partial charge in [-0.15, -0.1) is 10.2 Å². The topological polar surface area (TPSA) is 52.3 Å². The molecule has 5 nitrogen and oxygen atoms in total. The lowest BCUT2D eigenvalue weighted by Crippen LogP contribution is -2.01. The monoisotopic (exact) mass is 370 g/mol. The van der Waals surface area contributed by atoms with E-state index in [1.807, 2.05) is 24.3 Å². The highest BCUT2D eigenvalue weighted by Crippen LogP contribution is 2.20. The number of rotatable bonds is 5. The van der Waals surface area contributed by atoms with Crippen LogP contribution in [0, 0.1) is 6.92 Å². The Kier molecular flexibility index (Phi) is 4.38. The number of fused-ring (bicyclic) bond motifs is 1. The van der Waals surface area contributed by atoms with Gasteiger partial charge in [0.05, 0.1) is 0 Å². The Labute approximate surface area is 153 Å². The van der Waals surface area contributed by atoms with Gasteiger partial charge in [0, 0.05) is 11.4 Å². The molecule has 0 saturated carbocycles. The zero-order chi connectivity index (χ0) is 17.2. The number of aryl methyl sites for hydroxylation is 1. The number of hydrogen-bond donors (Lipinski definition) is 0. The molecule has 0 atom stereocenters. The van der Waals surface area contributed by atoms with Gasteiger partial charge in [-0.05, 0) is 42.3 Å². The molecule has 0 aliphatic heterocycles. The number of hydrogen-bond acceptors (Lipinski definition) is 5. The average molecular weight is 371 g/mol. The maximum absolute atomic E-state index is 5.88. The normalized spacial score (nSPS) is 11.1. The summed E-state index contributed by atoms with van der Waals surface area (Å²) < 4.78 is 7.55. The van der Waals surface area contributed by atoms with E-state index in [1.54, 1.807) is 16.6 Å². The summed E-state index contributed by atoms with van der Waals surface area (Å²) in [6.07, 6.45) is 0.703. The third kappa shape index (κ3) is 3.50. The highest BCUT2D eigenvalue weighted by molar-refractivity contribution is 7.16. The van der Waals surface area contributed by atoms with E-state index in [2.05, 4.69) is 34.4 Å². The molecule has 2 heterocycles. The molecule has 4 rings (SSSR count). The first-order valence-corrected chi connectivity index (χ1v) is 9.01. The third-order valence-electron chi connectivity index (χ3n) is 3.88. The second-order valence-corrected chi connectivity index (χ2v) is 7.13. The van der Waals surface area contributed by atoms with E-state index < -0.39 is 0 Å². The van der Waals surface area contributed by atoms with Crippen molar-refractivity contribution < 1.29 is 4.74 Å². The molecule has 0 radical (unpaired) electrons. The van der Waals surface area contributed by atoms with Crippen LogP contribution in [0.4, 0.5) is 0 Å². The molecule has 2 aromatic heterocycles. The highest BCUT2D eigenvalue weighted by Gasteiger charge is 2.13. The van der Waals surface area contributed by atoms with E-state index in [4.69, 9.17) is 16.3 Å². The molecule has 0 N–H and O–H groups in total. The number of benzene rings is 2. The Balaban J connectivity index is 1.52. The van der Waals surface area contributed by atoms with Crippen LogP contribution in [0.2, 0.25) is 5.02 Å². The van der Waals surface area contributed by atoms with Crippen LogP contribution >= 0.6 is 22.9 Å². The Bertz CT molecular complexity index is 1010. The average Bonchev–Trinajstić information content (AvgIpc) is 3.18. The summed E-state index contributed by atoms with van der Waals surface area (Å²) in [6, 6.07) is 15.6. The maximum atomic E-state index is 5.88. The van der Waals surface area contributed by atoms with Gasteiger partial charge in [-0.3, -0.25) is 0 Å². The fourth-order valence-electron chi connectivity index (χ4n) is 2.52. The molecule has 0 aliphatic carbocycles. The first-order valence-electron chi connectivity index (χ1n) is 7.82. The zero-order valence-electron chi connectivity index (χ0n) is 13.5. The van der Waals surface area contributed by atoms with Crippen molar-refractivity contribution in [3.63, 3.8) is 0 Å². The lowest BCUT2D eigenvalue weighted by Gasteiger charge is -2.03. The smallest absolute Gasteiger partial charge is 0.234 e. The van der Waals surface area contributed by atoms with Crippen molar-refractivity contribution >= 4 is 27.9 Å². The SMILES string of the molecule is Cc1ccccc1Cc1nnc2sc(COc3ccc(Cl)cc3)nn12. The van der Waals surface area contributed by atoms with Gasteiger partial charge in [-0.25, -0.2) is 0 Å². The van der Waals surface area contributed by atoms with Crippen LogP contribution in [0.1, 0.15) is 22.0 Å². The van der Waals surface area contributed by atoms with E-state index in [9.17, 15) is 0 Å². The van der Waals surface area contributed by atoms with E-state index in [0.29, 0.717) is 18.1 Å². The minimum Gasteiger partial charge on any atom is -0.486 e. The molecule has 0 fully saturated rings. The Hall–Kier alpha value is -2.44. The van der Waals surface area contributed by atoms with Gasteiger partial charge < -0.3 is 4.74 Å². The van der Waals surface area contributed by atoms with E-state index >= 15 is 0 Å². The number of halogens is 1. The standard InChI is InChI=1S/C18H15ClN4OS/c1-12-4-2-3-5-13(12)10-16-20-21-18-23(16)22-17(25-18)11-24-15-8-6-14(19)7-9-15/h2-9H,10-11H2,1H3. The molecule has 126 valence electrons. The summed E-state index contributed by atoms with van der Waals surface area (Å²) >= 11 is 7.36. The van der Waals surface area contributed by atoms with E-state index in [0.717, 1.165) is 21.5 Å². The molecule has 25 heavy (non-hydrogen) atoms. The molecule has 0 saturated heterocycles. The maximum Gasteiger partial charge on any atom is 0.234 e. The van der Waals surface area contributed by atoms with Crippen molar-refractivity contribution in [2.24, 2.45) is 0 Å². The van der Waals surface area contributed by atoms with Gasteiger partial charge in [0.15, 0.2) is 10.8 Å². The molecule has 4 aromatic rings. The van der Waals surface area contributed by atoms with Crippen molar-refractivity contribution in [1.82, 2.24) is 19.8 Å². The second kappa shape index (κ2) is 6.82. The number of ether oxygens (including phenoxy) is 1. The minimum atomic E-state index is 0.388. The van der Waals surface area contributed by atoms with Gasteiger partial charge in [-0.2, -0.15) is 9.61 Å². The molecule has 0 amide bonds. The number of nitrogens with zero attached hydrogens (tertiary/aromatic N) is 4. The first kappa shape index (κ1) is 16.1. The fraction of sp³-hybridized carbons (Fsp3) is 0.167. The molecule has 2 aromatic carbocycles. The Morgan fingerprint density at radius 3 is 2.68 bits per heavy atom. The summed E-state index contributed by atoms with van der Waals surface area (Å²) in [4.78, 5) is 0.776. The predicted octanol–water partition coefficient (Wildman–Crippen LogP) is 4.32. The lowest BCUT2D eigenvalue weighted by molar-refractivity contribution is 0.304. The second-order valence-electron chi connectivity index (χ2n) is 5.65. The van der Waals surface area contributed by atoms with Crippen molar-refractivity contribution in [1.29, 1.82) is 0 Å². The van der Waals surface area contributed by atoms with Crippen LogP contribution in [0.3, 0.4) is 0 Å². The third-order valence-corrected chi connectivity index (χ3v) is 5.01. The van der Waals surface area contributed by atoms with Crippen molar-refractivity contribution in [2.45, 2.75) is 20.0 Å². The van der Waals surface area contributed by atoms with Crippen molar-refractivity contribution in [2.75, 3.05) is 0 Å². The summed E-state index contributed by atoms with van der Waals surface area (Å²) in [7, 11) is 0. The van der Waals surface area contributed by atoms with Gasteiger partial charge in [0.25, 0.3) is 0 Å². The molecule has 0 aliphatic rings. The van der Waals surface area contributed by atoms with Gasteiger partial charge in [0.2, 0.25) is 4.96 Å². The van der Waals surface area contributed by atoms with Crippen molar-refractivity contribution in [3.05, 3.63) is 75.5 Å². The summed E-state index contributed by atoms with van der Waals surface area (Å²) in [5.41, 5.74) is 2.46. The van der Waals surface area contributed by atoms with Gasteiger partial charge in [0.1, 0.15) is 12.4 Å². The lowest BCUT2D eigenvalue weighted by atomic mass is 10.1. The molecule has 7 heteroatoms. The first-order chi connectivity index (χ1) is 12.2. The van der Waals surface area contributed by atoms with Crippen molar-refractivity contribution in [3.8, 4) is 5.75 Å². The van der Waals surface area contributed by atoms with Crippen LogP contribution in [-0.4, -0.2) is 19.8 Å². The summed E-state index contributed by atoms with van der Waals surface area (Å²) in [5, 5.41) is 14.6. The van der Waals surface area contributed by atoms with Crippen LogP contribution in [0.5, 0.6) is 5.75 Å². The molecular formula is C18H15ClN4OS. The molecule has 0 spiro atoms. The zero-order valence-corrected chi connectivity index (χ0v) is 15.1.